The summed E-state index contributed by atoms with van der Waals surface area (Å²) in [5, 5.41) is 8.83. The van der Waals surface area contributed by atoms with Gasteiger partial charge in [0.15, 0.2) is 0 Å². The van der Waals surface area contributed by atoms with E-state index in [0.29, 0.717) is 12.2 Å². The third-order valence-electron chi connectivity index (χ3n) is 2.57. The van der Waals surface area contributed by atoms with Gasteiger partial charge in [0, 0.05) is 0 Å². The van der Waals surface area contributed by atoms with E-state index in [4.69, 9.17) is 10.00 Å². The van der Waals surface area contributed by atoms with Gasteiger partial charge in [0.25, 0.3) is 0 Å². The fourth-order valence-electron chi connectivity index (χ4n) is 1.59. The van der Waals surface area contributed by atoms with E-state index in [1.165, 1.54) is 0 Å². The normalized spacial score (nSPS) is 9.65. The highest BCUT2D eigenvalue weighted by atomic mass is 16.5. The maximum Gasteiger partial charge on any atom is 0.120 e. The summed E-state index contributed by atoms with van der Waals surface area (Å²) in [5.74, 6) is 0.797. The van der Waals surface area contributed by atoms with Crippen LogP contribution in [-0.2, 0) is 6.61 Å². The fraction of sp³-hybridized carbons (Fsp3) is 0.133. The molecule has 2 aromatic rings. The number of ether oxygens (including phenoxy) is 1. The van der Waals surface area contributed by atoms with E-state index in [2.05, 4.69) is 6.07 Å². The Morgan fingerprint density at radius 2 is 1.88 bits per heavy atom. The van der Waals surface area contributed by atoms with Gasteiger partial charge in [-0.25, -0.2) is 0 Å². The van der Waals surface area contributed by atoms with Gasteiger partial charge in [0.2, 0.25) is 0 Å². The van der Waals surface area contributed by atoms with E-state index in [1.807, 2.05) is 49.4 Å². The average molecular weight is 223 g/mol. The molecule has 0 heterocycles. The molecule has 0 unspecified atom stereocenters. The van der Waals surface area contributed by atoms with Gasteiger partial charge < -0.3 is 4.74 Å². The Hall–Kier alpha value is -2.27. The molecule has 84 valence electrons. The second kappa shape index (κ2) is 5.18. The first kappa shape index (κ1) is 11.2. The highest BCUT2D eigenvalue weighted by Crippen LogP contribution is 2.17. The first-order chi connectivity index (χ1) is 8.29. The quantitative estimate of drug-likeness (QED) is 0.798. The van der Waals surface area contributed by atoms with Crippen molar-refractivity contribution in [3.05, 3.63) is 65.2 Å². The molecular formula is C15H13NO. The van der Waals surface area contributed by atoms with E-state index in [0.717, 1.165) is 16.9 Å². The molecule has 0 aromatic heterocycles. The molecule has 0 fully saturated rings. The highest BCUT2D eigenvalue weighted by Gasteiger charge is 2.00. The van der Waals surface area contributed by atoms with Gasteiger partial charge in [0.05, 0.1) is 11.6 Å². The molecule has 0 aliphatic heterocycles. The summed E-state index contributed by atoms with van der Waals surface area (Å²) in [6.07, 6.45) is 0. The maximum atomic E-state index is 8.83. The van der Waals surface area contributed by atoms with Crippen molar-refractivity contribution in [2.24, 2.45) is 0 Å². The smallest absolute Gasteiger partial charge is 0.120 e. The number of benzene rings is 2. The third kappa shape index (κ3) is 2.85. The SMILES string of the molecule is Cc1cc(OCc2ccccc2)ccc1C#N. The lowest BCUT2D eigenvalue weighted by molar-refractivity contribution is 0.306. The molecule has 0 radical (unpaired) electrons. The molecule has 0 aliphatic rings. The molecule has 0 saturated heterocycles. The Morgan fingerprint density at radius 1 is 1.12 bits per heavy atom. The van der Waals surface area contributed by atoms with Crippen LogP contribution in [0.25, 0.3) is 0 Å². The third-order valence-corrected chi connectivity index (χ3v) is 2.57. The largest absolute Gasteiger partial charge is 0.489 e. The summed E-state index contributed by atoms with van der Waals surface area (Å²) in [7, 11) is 0. The van der Waals surface area contributed by atoms with Crippen LogP contribution in [0.15, 0.2) is 48.5 Å². The van der Waals surface area contributed by atoms with Gasteiger partial charge in [-0.2, -0.15) is 5.26 Å². The molecule has 0 spiro atoms. The highest BCUT2D eigenvalue weighted by molar-refractivity contribution is 5.41. The van der Waals surface area contributed by atoms with Crippen molar-refractivity contribution in [3.8, 4) is 11.8 Å². The van der Waals surface area contributed by atoms with Gasteiger partial charge in [-0.15, -0.1) is 0 Å². The summed E-state index contributed by atoms with van der Waals surface area (Å²) in [5.41, 5.74) is 2.77. The fourth-order valence-corrected chi connectivity index (χ4v) is 1.59. The summed E-state index contributed by atoms with van der Waals surface area (Å²) in [6.45, 7) is 2.46. The minimum absolute atomic E-state index is 0.548. The van der Waals surface area contributed by atoms with Crippen molar-refractivity contribution in [2.45, 2.75) is 13.5 Å². The van der Waals surface area contributed by atoms with Gasteiger partial charge >= 0.3 is 0 Å². The van der Waals surface area contributed by atoms with E-state index in [1.54, 1.807) is 6.07 Å². The van der Waals surface area contributed by atoms with Gasteiger partial charge in [-0.1, -0.05) is 30.3 Å². The number of hydrogen-bond donors (Lipinski definition) is 0. The van der Waals surface area contributed by atoms with Crippen LogP contribution in [0, 0.1) is 18.3 Å². The van der Waals surface area contributed by atoms with Gasteiger partial charge in [-0.3, -0.25) is 0 Å². The minimum Gasteiger partial charge on any atom is -0.489 e. The van der Waals surface area contributed by atoms with Gasteiger partial charge in [-0.05, 0) is 36.2 Å². The molecule has 2 nitrogen and oxygen atoms in total. The van der Waals surface area contributed by atoms with Crippen molar-refractivity contribution in [2.75, 3.05) is 0 Å². The van der Waals surface area contributed by atoms with Crippen LogP contribution in [-0.4, -0.2) is 0 Å². The van der Waals surface area contributed by atoms with Crippen molar-refractivity contribution in [1.29, 1.82) is 5.26 Å². The second-order valence-corrected chi connectivity index (χ2v) is 3.86. The summed E-state index contributed by atoms with van der Waals surface area (Å²) < 4.78 is 5.66. The molecule has 2 heteroatoms. The summed E-state index contributed by atoms with van der Waals surface area (Å²) in [4.78, 5) is 0. The number of aryl methyl sites for hydroxylation is 1. The van der Waals surface area contributed by atoms with Crippen LogP contribution in [0.2, 0.25) is 0 Å². The van der Waals surface area contributed by atoms with Crippen molar-refractivity contribution in [1.82, 2.24) is 0 Å². The van der Waals surface area contributed by atoms with E-state index in [9.17, 15) is 0 Å². The molecule has 0 atom stereocenters. The molecule has 2 rings (SSSR count). The molecule has 0 bridgehead atoms. The molecule has 0 aliphatic carbocycles. The van der Waals surface area contributed by atoms with E-state index < -0.39 is 0 Å². The average Bonchev–Trinajstić information content (AvgIpc) is 2.38. The molecule has 0 saturated carbocycles. The Balaban J connectivity index is 2.06. The number of nitrogens with zero attached hydrogens (tertiary/aromatic N) is 1. The number of rotatable bonds is 3. The first-order valence-electron chi connectivity index (χ1n) is 5.47. The van der Waals surface area contributed by atoms with Crippen molar-refractivity contribution in [3.63, 3.8) is 0 Å². The zero-order chi connectivity index (χ0) is 12.1. The lowest BCUT2D eigenvalue weighted by atomic mass is 10.1. The molecule has 0 amide bonds. The predicted molar refractivity (Wildman–Crippen MR) is 66.7 cm³/mol. The molecule has 17 heavy (non-hydrogen) atoms. The lowest BCUT2D eigenvalue weighted by Crippen LogP contribution is -1.95. The molecule has 2 aromatic carbocycles. The molecular weight excluding hydrogens is 210 g/mol. The van der Waals surface area contributed by atoms with Crippen LogP contribution in [0.4, 0.5) is 0 Å². The van der Waals surface area contributed by atoms with Gasteiger partial charge in [0.1, 0.15) is 12.4 Å². The summed E-state index contributed by atoms with van der Waals surface area (Å²) >= 11 is 0. The lowest BCUT2D eigenvalue weighted by Gasteiger charge is -2.07. The maximum absolute atomic E-state index is 8.83. The number of hydrogen-bond acceptors (Lipinski definition) is 2. The Morgan fingerprint density at radius 3 is 2.53 bits per heavy atom. The van der Waals surface area contributed by atoms with Crippen molar-refractivity contribution < 1.29 is 4.74 Å². The monoisotopic (exact) mass is 223 g/mol. The minimum atomic E-state index is 0.548. The van der Waals surface area contributed by atoms with Crippen molar-refractivity contribution >= 4 is 0 Å². The van der Waals surface area contributed by atoms with Crippen LogP contribution in [0.1, 0.15) is 16.7 Å². The summed E-state index contributed by atoms with van der Waals surface area (Å²) in [6, 6.07) is 17.7. The van der Waals surface area contributed by atoms with E-state index in [-0.39, 0.29) is 0 Å². The number of nitriles is 1. The standard InChI is InChI=1S/C15H13NO/c1-12-9-15(8-7-14(12)10-16)17-11-13-5-3-2-4-6-13/h2-9H,11H2,1H3. The van der Waals surface area contributed by atoms with Crippen LogP contribution >= 0.6 is 0 Å². The molecule has 0 N–H and O–H groups in total. The zero-order valence-electron chi connectivity index (χ0n) is 9.68. The second-order valence-electron chi connectivity index (χ2n) is 3.86. The van der Waals surface area contributed by atoms with Crippen LogP contribution in [0.5, 0.6) is 5.75 Å². The first-order valence-corrected chi connectivity index (χ1v) is 5.47. The predicted octanol–water partition coefficient (Wildman–Crippen LogP) is 3.45. The Labute approximate surface area is 101 Å². The topological polar surface area (TPSA) is 33.0 Å². The van der Waals surface area contributed by atoms with E-state index >= 15 is 0 Å². The van der Waals surface area contributed by atoms with Crippen LogP contribution < -0.4 is 4.74 Å². The Bertz CT molecular complexity index is 541. The zero-order valence-corrected chi connectivity index (χ0v) is 9.68. The van der Waals surface area contributed by atoms with Crippen LogP contribution in [0.3, 0.4) is 0 Å². The Kier molecular flexibility index (Phi) is 3.42.